The molecular formula is C14H14BrClN2. The lowest BCUT2D eigenvalue weighted by atomic mass is 10.0. The minimum Gasteiger partial charge on any atom is -0.311 e. The maximum absolute atomic E-state index is 5.89. The number of hydrogen-bond acceptors (Lipinski definition) is 2. The van der Waals surface area contributed by atoms with Crippen molar-refractivity contribution in [1.29, 1.82) is 0 Å². The van der Waals surface area contributed by atoms with Crippen LogP contribution in [0.2, 0.25) is 5.02 Å². The van der Waals surface area contributed by atoms with E-state index < -0.39 is 0 Å². The summed E-state index contributed by atoms with van der Waals surface area (Å²) in [4.78, 5) is 4.43. The number of halogens is 2. The molecule has 1 aromatic heterocycles. The van der Waals surface area contributed by atoms with Crippen LogP contribution in [0, 0.1) is 0 Å². The average molecular weight is 326 g/mol. The summed E-state index contributed by atoms with van der Waals surface area (Å²) in [5.41, 5.74) is 2.26. The fourth-order valence-electron chi connectivity index (χ4n) is 1.85. The standard InChI is InChI=1S/C14H14BrClN2/c1-17-13(14-12(15)3-2-8-18-14)9-10-4-6-11(16)7-5-10/h2-8,13,17H,9H2,1H3. The molecule has 0 radical (unpaired) electrons. The molecule has 0 bridgehead atoms. The van der Waals surface area contributed by atoms with E-state index in [9.17, 15) is 0 Å². The highest BCUT2D eigenvalue weighted by molar-refractivity contribution is 9.10. The summed E-state index contributed by atoms with van der Waals surface area (Å²) < 4.78 is 1.03. The zero-order valence-electron chi connectivity index (χ0n) is 10.0. The molecule has 4 heteroatoms. The van der Waals surface area contributed by atoms with Crippen LogP contribution in [0.3, 0.4) is 0 Å². The fourth-order valence-corrected chi connectivity index (χ4v) is 2.50. The van der Waals surface area contributed by atoms with Gasteiger partial charge in [-0.3, -0.25) is 4.98 Å². The minimum absolute atomic E-state index is 0.182. The third-order valence-corrected chi connectivity index (χ3v) is 3.74. The Morgan fingerprint density at radius 3 is 2.61 bits per heavy atom. The van der Waals surface area contributed by atoms with Crippen LogP contribution in [-0.4, -0.2) is 12.0 Å². The van der Waals surface area contributed by atoms with E-state index >= 15 is 0 Å². The fraction of sp³-hybridized carbons (Fsp3) is 0.214. The smallest absolute Gasteiger partial charge is 0.0718 e. The lowest BCUT2D eigenvalue weighted by molar-refractivity contribution is 0.573. The number of pyridine rings is 1. The van der Waals surface area contributed by atoms with Crippen molar-refractivity contribution < 1.29 is 0 Å². The van der Waals surface area contributed by atoms with E-state index in [1.165, 1.54) is 5.56 Å². The highest BCUT2D eigenvalue weighted by Gasteiger charge is 2.14. The first-order valence-corrected chi connectivity index (χ1v) is 6.90. The second-order valence-electron chi connectivity index (χ2n) is 4.04. The molecule has 0 amide bonds. The molecule has 94 valence electrons. The van der Waals surface area contributed by atoms with Crippen LogP contribution >= 0.6 is 27.5 Å². The van der Waals surface area contributed by atoms with Gasteiger partial charge in [-0.05, 0) is 59.2 Å². The maximum atomic E-state index is 5.89. The van der Waals surface area contributed by atoms with Crippen molar-refractivity contribution >= 4 is 27.5 Å². The van der Waals surface area contributed by atoms with Crippen molar-refractivity contribution in [2.75, 3.05) is 7.05 Å². The monoisotopic (exact) mass is 324 g/mol. The number of nitrogens with one attached hydrogen (secondary N) is 1. The molecule has 0 aliphatic rings. The lowest BCUT2D eigenvalue weighted by Gasteiger charge is -2.17. The van der Waals surface area contributed by atoms with Crippen LogP contribution in [0.1, 0.15) is 17.3 Å². The molecule has 0 fully saturated rings. The Morgan fingerprint density at radius 2 is 2.00 bits per heavy atom. The van der Waals surface area contributed by atoms with Crippen molar-refractivity contribution in [2.24, 2.45) is 0 Å². The van der Waals surface area contributed by atoms with Gasteiger partial charge in [0.25, 0.3) is 0 Å². The number of nitrogens with zero attached hydrogens (tertiary/aromatic N) is 1. The normalized spacial score (nSPS) is 12.4. The predicted octanol–water partition coefficient (Wildman–Crippen LogP) is 4.00. The Kier molecular flexibility index (Phi) is 4.75. The van der Waals surface area contributed by atoms with Gasteiger partial charge in [0.15, 0.2) is 0 Å². The largest absolute Gasteiger partial charge is 0.311 e. The molecule has 18 heavy (non-hydrogen) atoms. The second-order valence-corrected chi connectivity index (χ2v) is 5.33. The molecule has 2 aromatic rings. The van der Waals surface area contributed by atoms with Crippen LogP contribution < -0.4 is 5.32 Å². The van der Waals surface area contributed by atoms with Gasteiger partial charge in [-0.1, -0.05) is 23.7 Å². The maximum Gasteiger partial charge on any atom is 0.0718 e. The second kappa shape index (κ2) is 6.32. The molecule has 2 nitrogen and oxygen atoms in total. The third-order valence-electron chi connectivity index (χ3n) is 2.82. The SMILES string of the molecule is CNC(Cc1ccc(Cl)cc1)c1ncccc1Br. The van der Waals surface area contributed by atoms with Gasteiger partial charge < -0.3 is 5.32 Å². The van der Waals surface area contributed by atoms with E-state index in [-0.39, 0.29) is 6.04 Å². The summed E-state index contributed by atoms with van der Waals surface area (Å²) in [5.74, 6) is 0. The molecule has 1 atom stereocenters. The van der Waals surface area contributed by atoms with Gasteiger partial charge in [0.1, 0.15) is 0 Å². The summed E-state index contributed by atoms with van der Waals surface area (Å²) >= 11 is 9.43. The lowest BCUT2D eigenvalue weighted by Crippen LogP contribution is -2.20. The van der Waals surface area contributed by atoms with E-state index in [0.717, 1.165) is 21.6 Å². The highest BCUT2D eigenvalue weighted by Crippen LogP contribution is 2.24. The Bertz CT molecular complexity index is 513. The van der Waals surface area contributed by atoms with E-state index in [2.05, 4.69) is 26.2 Å². The molecule has 2 rings (SSSR count). The quantitative estimate of drug-likeness (QED) is 0.919. The molecular weight excluding hydrogens is 312 g/mol. The van der Waals surface area contributed by atoms with Gasteiger partial charge in [0.05, 0.1) is 11.7 Å². The molecule has 1 aromatic carbocycles. The topological polar surface area (TPSA) is 24.9 Å². The van der Waals surface area contributed by atoms with E-state index in [0.29, 0.717) is 0 Å². The van der Waals surface area contributed by atoms with Gasteiger partial charge in [-0.25, -0.2) is 0 Å². The molecule has 0 saturated carbocycles. The van der Waals surface area contributed by atoms with Crippen LogP contribution in [0.15, 0.2) is 47.1 Å². The number of benzene rings is 1. The Hall–Kier alpha value is -0.900. The Labute approximate surface area is 121 Å². The summed E-state index contributed by atoms with van der Waals surface area (Å²) in [6, 6.07) is 12.0. The van der Waals surface area contributed by atoms with Gasteiger partial charge in [0.2, 0.25) is 0 Å². The van der Waals surface area contributed by atoms with Crippen molar-refractivity contribution in [3.05, 3.63) is 63.3 Å². The first kappa shape index (κ1) is 13.5. The van der Waals surface area contributed by atoms with Gasteiger partial charge in [-0.15, -0.1) is 0 Å². The van der Waals surface area contributed by atoms with Gasteiger partial charge in [-0.2, -0.15) is 0 Å². The predicted molar refractivity (Wildman–Crippen MR) is 78.9 cm³/mol. The van der Waals surface area contributed by atoms with Crippen molar-refractivity contribution in [3.63, 3.8) is 0 Å². The zero-order chi connectivity index (χ0) is 13.0. The number of likely N-dealkylation sites (N-methyl/N-ethyl adjacent to an activating group) is 1. The van der Waals surface area contributed by atoms with E-state index in [1.807, 2.05) is 49.6 Å². The Morgan fingerprint density at radius 1 is 1.28 bits per heavy atom. The molecule has 0 spiro atoms. The molecule has 0 saturated heterocycles. The number of aromatic nitrogens is 1. The van der Waals surface area contributed by atoms with Gasteiger partial charge >= 0.3 is 0 Å². The zero-order valence-corrected chi connectivity index (χ0v) is 12.4. The summed E-state index contributed by atoms with van der Waals surface area (Å²) in [6.07, 6.45) is 2.69. The van der Waals surface area contributed by atoms with Crippen LogP contribution in [0.4, 0.5) is 0 Å². The minimum atomic E-state index is 0.182. The first-order chi connectivity index (χ1) is 8.70. The van der Waals surface area contributed by atoms with Crippen LogP contribution in [0.25, 0.3) is 0 Å². The summed E-state index contributed by atoms with van der Waals surface area (Å²) in [7, 11) is 1.95. The summed E-state index contributed by atoms with van der Waals surface area (Å²) in [6.45, 7) is 0. The van der Waals surface area contributed by atoms with Crippen LogP contribution in [0.5, 0.6) is 0 Å². The molecule has 1 N–H and O–H groups in total. The summed E-state index contributed by atoms with van der Waals surface area (Å²) in [5, 5.41) is 4.06. The molecule has 1 unspecified atom stereocenters. The van der Waals surface area contributed by atoms with Crippen molar-refractivity contribution in [1.82, 2.24) is 10.3 Å². The van der Waals surface area contributed by atoms with Gasteiger partial charge in [0, 0.05) is 15.7 Å². The van der Waals surface area contributed by atoms with Crippen molar-refractivity contribution in [2.45, 2.75) is 12.5 Å². The molecule has 1 heterocycles. The van der Waals surface area contributed by atoms with E-state index in [4.69, 9.17) is 11.6 Å². The molecule has 0 aliphatic heterocycles. The number of rotatable bonds is 4. The van der Waals surface area contributed by atoms with Crippen molar-refractivity contribution in [3.8, 4) is 0 Å². The highest BCUT2D eigenvalue weighted by atomic mass is 79.9. The Balaban J connectivity index is 2.20. The number of hydrogen-bond donors (Lipinski definition) is 1. The van der Waals surface area contributed by atoms with E-state index in [1.54, 1.807) is 0 Å². The van der Waals surface area contributed by atoms with Crippen LogP contribution in [-0.2, 0) is 6.42 Å². The third kappa shape index (κ3) is 3.31. The first-order valence-electron chi connectivity index (χ1n) is 5.73. The average Bonchev–Trinajstić information content (AvgIpc) is 2.39. The molecule has 0 aliphatic carbocycles.